The van der Waals surface area contributed by atoms with Crippen molar-refractivity contribution in [2.75, 3.05) is 46.5 Å². The summed E-state index contributed by atoms with van der Waals surface area (Å²) in [6, 6.07) is 0. The lowest BCUT2D eigenvalue weighted by atomic mass is 9.79. The van der Waals surface area contributed by atoms with E-state index in [9.17, 15) is 4.79 Å². The average molecular weight is 256 g/mol. The third-order valence-electron chi connectivity index (χ3n) is 4.29. The summed E-state index contributed by atoms with van der Waals surface area (Å²) >= 11 is 0. The Balaban J connectivity index is 1.93. The molecule has 2 fully saturated rings. The van der Waals surface area contributed by atoms with E-state index in [1.165, 1.54) is 7.11 Å². The summed E-state index contributed by atoms with van der Waals surface area (Å²) in [5.41, 5.74) is 5.45. The summed E-state index contributed by atoms with van der Waals surface area (Å²) in [5, 5.41) is 0. The summed E-state index contributed by atoms with van der Waals surface area (Å²) in [6.07, 6.45) is 3.02. The molecule has 5 heteroatoms. The van der Waals surface area contributed by atoms with E-state index in [4.69, 9.17) is 15.2 Å². The van der Waals surface area contributed by atoms with Gasteiger partial charge in [-0.2, -0.15) is 0 Å². The van der Waals surface area contributed by atoms with Crippen molar-refractivity contribution < 1.29 is 14.3 Å². The summed E-state index contributed by atoms with van der Waals surface area (Å²) in [4.78, 5) is 14.4. The van der Waals surface area contributed by atoms with Crippen molar-refractivity contribution in [1.29, 1.82) is 0 Å². The quantitative estimate of drug-likeness (QED) is 0.690. The van der Waals surface area contributed by atoms with Gasteiger partial charge in [0.15, 0.2) is 0 Å². The predicted molar refractivity (Wildman–Crippen MR) is 68.1 cm³/mol. The number of hydrogen-bond acceptors (Lipinski definition) is 5. The molecule has 0 amide bonds. The maximum absolute atomic E-state index is 12.1. The Morgan fingerprint density at radius 3 is 2.61 bits per heavy atom. The second-order valence-electron chi connectivity index (χ2n) is 5.33. The molecule has 0 radical (unpaired) electrons. The summed E-state index contributed by atoms with van der Waals surface area (Å²) in [7, 11) is 1.46. The minimum Gasteiger partial charge on any atom is -0.469 e. The Hall–Kier alpha value is -0.650. The molecule has 0 bridgehead atoms. The van der Waals surface area contributed by atoms with E-state index in [2.05, 4.69) is 4.90 Å². The number of methoxy groups -OCH3 is 1. The molecule has 1 saturated heterocycles. The number of carbonyl (C=O) groups excluding carboxylic acids is 1. The smallest absolute Gasteiger partial charge is 0.313 e. The molecule has 0 aromatic carbocycles. The number of nitrogens with zero attached hydrogens (tertiary/aromatic N) is 1. The van der Waals surface area contributed by atoms with E-state index in [-0.39, 0.29) is 5.97 Å². The first-order chi connectivity index (χ1) is 8.73. The Labute approximate surface area is 109 Å². The van der Waals surface area contributed by atoms with E-state index < -0.39 is 5.41 Å². The summed E-state index contributed by atoms with van der Waals surface area (Å²) in [5.74, 6) is 0.303. The molecule has 2 rings (SSSR count). The van der Waals surface area contributed by atoms with Crippen LogP contribution in [0.2, 0.25) is 0 Å². The highest BCUT2D eigenvalue weighted by Gasteiger charge is 2.50. The number of hydrogen-bond donors (Lipinski definition) is 1. The third-order valence-corrected chi connectivity index (χ3v) is 4.29. The Kier molecular flexibility index (Phi) is 4.59. The molecule has 104 valence electrons. The van der Waals surface area contributed by atoms with Crippen molar-refractivity contribution in [3.05, 3.63) is 0 Å². The molecular weight excluding hydrogens is 232 g/mol. The molecule has 0 aromatic heterocycles. The maximum Gasteiger partial charge on any atom is 0.313 e. The summed E-state index contributed by atoms with van der Waals surface area (Å²) in [6.45, 7) is 4.79. The average Bonchev–Trinajstić information content (AvgIpc) is 3.26. The molecule has 1 aliphatic carbocycles. The van der Waals surface area contributed by atoms with Crippen molar-refractivity contribution in [2.45, 2.75) is 19.3 Å². The monoisotopic (exact) mass is 256 g/mol. The van der Waals surface area contributed by atoms with Crippen LogP contribution in [0.15, 0.2) is 0 Å². The molecule has 1 saturated carbocycles. The molecule has 1 atom stereocenters. The molecule has 1 heterocycles. The van der Waals surface area contributed by atoms with Gasteiger partial charge in [0.2, 0.25) is 0 Å². The molecule has 5 nitrogen and oxygen atoms in total. The van der Waals surface area contributed by atoms with Crippen LogP contribution in [0.5, 0.6) is 0 Å². The van der Waals surface area contributed by atoms with Crippen molar-refractivity contribution in [3.63, 3.8) is 0 Å². The Morgan fingerprint density at radius 2 is 2.11 bits per heavy atom. The molecule has 1 unspecified atom stereocenters. The zero-order chi connectivity index (χ0) is 13.0. The van der Waals surface area contributed by atoms with Gasteiger partial charge in [-0.15, -0.1) is 0 Å². The predicted octanol–water partition coefficient (Wildman–Crippen LogP) is 0.237. The fourth-order valence-electron chi connectivity index (χ4n) is 2.85. The highest BCUT2D eigenvalue weighted by Crippen LogP contribution is 2.48. The fourth-order valence-corrected chi connectivity index (χ4v) is 2.85. The molecule has 0 aromatic rings. The normalized spacial score (nSPS) is 24.6. The van der Waals surface area contributed by atoms with E-state index in [1.807, 2.05) is 0 Å². The van der Waals surface area contributed by atoms with Gasteiger partial charge in [-0.25, -0.2) is 0 Å². The highest BCUT2D eigenvalue weighted by molar-refractivity contribution is 5.78. The lowest BCUT2D eigenvalue weighted by molar-refractivity contribution is -0.154. The summed E-state index contributed by atoms with van der Waals surface area (Å²) < 4.78 is 10.3. The Bertz CT molecular complexity index is 288. The van der Waals surface area contributed by atoms with Crippen molar-refractivity contribution in [2.24, 2.45) is 17.1 Å². The third kappa shape index (κ3) is 2.84. The standard InChI is InChI=1S/C13H24N2O3/c1-17-12(16)13(10-14,11-2-3-11)4-5-15-6-8-18-9-7-15/h11H,2-10,14H2,1H3. The van der Waals surface area contributed by atoms with Crippen LogP contribution in [0, 0.1) is 11.3 Å². The number of nitrogens with two attached hydrogens (primary N) is 1. The minimum atomic E-state index is -0.451. The van der Waals surface area contributed by atoms with Crippen LogP contribution >= 0.6 is 0 Å². The van der Waals surface area contributed by atoms with E-state index in [0.29, 0.717) is 12.5 Å². The van der Waals surface area contributed by atoms with Gasteiger partial charge in [-0.05, 0) is 31.7 Å². The first-order valence-corrected chi connectivity index (χ1v) is 6.81. The van der Waals surface area contributed by atoms with Crippen LogP contribution < -0.4 is 5.73 Å². The molecule has 18 heavy (non-hydrogen) atoms. The second kappa shape index (κ2) is 5.99. The van der Waals surface area contributed by atoms with Crippen molar-refractivity contribution in [3.8, 4) is 0 Å². The number of ether oxygens (including phenoxy) is 2. The van der Waals surface area contributed by atoms with Crippen molar-refractivity contribution in [1.82, 2.24) is 4.90 Å². The van der Waals surface area contributed by atoms with E-state index >= 15 is 0 Å². The SMILES string of the molecule is COC(=O)C(CN)(CCN1CCOCC1)C1CC1. The van der Waals surface area contributed by atoms with Gasteiger partial charge in [-0.3, -0.25) is 9.69 Å². The van der Waals surface area contributed by atoms with Gasteiger partial charge in [0, 0.05) is 19.6 Å². The second-order valence-corrected chi connectivity index (χ2v) is 5.33. The molecule has 1 aliphatic heterocycles. The lowest BCUT2D eigenvalue weighted by Gasteiger charge is -2.33. The van der Waals surface area contributed by atoms with Gasteiger partial charge in [-0.1, -0.05) is 0 Å². The molecule has 2 aliphatic rings. The fraction of sp³-hybridized carbons (Fsp3) is 0.923. The van der Waals surface area contributed by atoms with Crippen LogP contribution in [-0.2, 0) is 14.3 Å². The van der Waals surface area contributed by atoms with Crippen LogP contribution in [-0.4, -0.2) is 57.4 Å². The molecule has 0 spiro atoms. The topological polar surface area (TPSA) is 64.8 Å². The number of esters is 1. The first kappa shape index (κ1) is 13.8. The van der Waals surface area contributed by atoms with Gasteiger partial charge in [0.25, 0.3) is 0 Å². The number of carbonyl (C=O) groups is 1. The van der Waals surface area contributed by atoms with Crippen molar-refractivity contribution >= 4 is 5.97 Å². The van der Waals surface area contributed by atoms with Crippen LogP contribution in [0.1, 0.15) is 19.3 Å². The van der Waals surface area contributed by atoms with Gasteiger partial charge in [0.05, 0.1) is 25.7 Å². The van der Waals surface area contributed by atoms with Crippen LogP contribution in [0.3, 0.4) is 0 Å². The molecule has 2 N–H and O–H groups in total. The van der Waals surface area contributed by atoms with Crippen LogP contribution in [0.25, 0.3) is 0 Å². The largest absolute Gasteiger partial charge is 0.469 e. The maximum atomic E-state index is 12.1. The van der Waals surface area contributed by atoms with E-state index in [1.54, 1.807) is 0 Å². The lowest BCUT2D eigenvalue weighted by Crippen LogP contribution is -2.46. The minimum absolute atomic E-state index is 0.124. The van der Waals surface area contributed by atoms with Gasteiger partial charge in [0.1, 0.15) is 0 Å². The van der Waals surface area contributed by atoms with Gasteiger partial charge < -0.3 is 15.2 Å². The zero-order valence-corrected chi connectivity index (χ0v) is 11.2. The van der Waals surface area contributed by atoms with Crippen LogP contribution in [0.4, 0.5) is 0 Å². The van der Waals surface area contributed by atoms with Gasteiger partial charge >= 0.3 is 5.97 Å². The highest BCUT2D eigenvalue weighted by atomic mass is 16.5. The molecular formula is C13H24N2O3. The number of rotatable bonds is 6. The van der Waals surface area contributed by atoms with E-state index in [0.717, 1.165) is 52.1 Å². The zero-order valence-electron chi connectivity index (χ0n) is 11.2. The first-order valence-electron chi connectivity index (χ1n) is 6.81. The Morgan fingerprint density at radius 1 is 1.44 bits per heavy atom. The number of morpholine rings is 1.